The molecule has 1 aliphatic heterocycles. The van der Waals surface area contributed by atoms with Gasteiger partial charge in [-0.05, 0) is 0 Å². The molecule has 4 heterocycles. The maximum absolute atomic E-state index is 10.2. The number of nitrogen functional groups attached to an aromatic ring is 1. The van der Waals surface area contributed by atoms with E-state index in [0.717, 1.165) is 12.1 Å². The highest BCUT2D eigenvalue weighted by atomic mass is 16.6. The normalized spacial score (nSPS) is 22.5. The first-order valence-electron chi connectivity index (χ1n) is 8.52. The molecule has 144 valence electrons. The van der Waals surface area contributed by atoms with E-state index in [2.05, 4.69) is 35.1 Å². The van der Waals surface area contributed by atoms with Crippen LogP contribution in [0.5, 0.6) is 0 Å². The van der Waals surface area contributed by atoms with Crippen molar-refractivity contribution in [1.29, 1.82) is 0 Å². The number of nitrogens with zero attached hydrogens (tertiary/aromatic N) is 5. The summed E-state index contributed by atoms with van der Waals surface area (Å²) < 4.78 is 7.69. The van der Waals surface area contributed by atoms with Crippen LogP contribution in [0.1, 0.15) is 18.3 Å². The largest absolute Gasteiger partial charge is 0.390 e. The highest BCUT2D eigenvalue weighted by Crippen LogP contribution is 2.34. The van der Waals surface area contributed by atoms with Crippen molar-refractivity contribution in [3.63, 3.8) is 0 Å². The molecule has 3 aromatic rings. The van der Waals surface area contributed by atoms with Crippen LogP contribution in [0.25, 0.3) is 11.2 Å². The van der Waals surface area contributed by atoms with Crippen molar-refractivity contribution in [2.75, 3.05) is 24.2 Å². The number of nitrogens with two attached hydrogens (primary N) is 2. The second-order valence-electron chi connectivity index (χ2n) is 6.26. The van der Waals surface area contributed by atoms with Gasteiger partial charge in [0.1, 0.15) is 18.7 Å². The lowest BCUT2D eigenvalue weighted by atomic mass is 10.2. The molecule has 1 saturated heterocycles. The van der Waals surface area contributed by atoms with Crippen LogP contribution in [0.4, 0.5) is 11.8 Å². The molecule has 0 saturated carbocycles. The minimum absolute atomic E-state index is 0.0873. The van der Waals surface area contributed by atoms with E-state index in [1.807, 2.05) is 0 Å². The third-order valence-corrected chi connectivity index (χ3v) is 4.49. The van der Waals surface area contributed by atoms with Crippen molar-refractivity contribution in [3.8, 4) is 0 Å². The Morgan fingerprint density at radius 1 is 1.44 bits per heavy atom. The Kier molecular flexibility index (Phi) is 4.85. The van der Waals surface area contributed by atoms with Gasteiger partial charge in [0.15, 0.2) is 17.0 Å². The van der Waals surface area contributed by atoms with Crippen LogP contribution in [0.3, 0.4) is 0 Å². The van der Waals surface area contributed by atoms with Gasteiger partial charge in [0, 0.05) is 31.3 Å². The van der Waals surface area contributed by atoms with Crippen LogP contribution < -0.4 is 16.9 Å². The average molecular weight is 375 g/mol. The third-order valence-electron chi connectivity index (χ3n) is 4.49. The van der Waals surface area contributed by atoms with Gasteiger partial charge in [-0.25, -0.2) is 25.8 Å². The number of aromatic amines is 1. The Morgan fingerprint density at radius 3 is 3.11 bits per heavy atom. The number of ether oxygens (including phenoxy) is 1. The van der Waals surface area contributed by atoms with Crippen LogP contribution >= 0.6 is 0 Å². The smallest absolute Gasteiger partial charge is 0.207 e. The maximum Gasteiger partial charge on any atom is 0.207 e. The Morgan fingerprint density at radius 2 is 2.33 bits per heavy atom. The molecular formula is C15H21N9O3. The van der Waals surface area contributed by atoms with Gasteiger partial charge in [-0.2, -0.15) is 0 Å². The fourth-order valence-electron chi connectivity index (χ4n) is 3.17. The first-order valence-corrected chi connectivity index (χ1v) is 8.52. The van der Waals surface area contributed by atoms with Crippen LogP contribution in [0, 0.1) is 0 Å². The molecule has 1 aliphatic rings. The molecule has 0 radical (unpaired) electrons. The summed E-state index contributed by atoms with van der Waals surface area (Å²) in [6, 6.07) is 0. The number of aromatic nitrogens is 6. The molecule has 1 fully saturated rings. The Bertz CT molecular complexity index is 897. The van der Waals surface area contributed by atoms with Gasteiger partial charge in [0.05, 0.1) is 19.0 Å². The monoisotopic (exact) mass is 375 g/mol. The lowest BCUT2D eigenvalue weighted by Crippen LogP contribution is -2.27. The quantitative estimate of drug-likeness (QED) is 0.333. The number of aliphatic hydroxyl groups is 1. The van der Waals surface area contributed by atoms with Crippen LogP contribution in [0.2, 0.25) is 0 Å². The number of hydrogen-bond acceptors (Lipinski definition) is 10. The summed E-state index contributed by atoms with van der Waals surface area (Å²) in [6.07, 6.45) is 4.10. The van der Waals surface area contributed by atoms with E-state index in [9.17, 15) is 5.11 Å². The minimum atomic E-state index is -0.715. The molecule has 7 N–H and O–H groups in total. The summed E-state index contributed by atoms with van der Waals surface area (Å²) in [5, 5.41) is 13.5. The molecule has 0 aromatic carbocycles. The highest BCUT2D eigenvalue weighted by Gasteiger charge is 2.37. The predicted molar refractivity (Wildman–Crippen MR) is 95.2 cm³/mol. The Labute approximate surface area is 153 Å². The lowest BCUT2D eigenvalue weighted by Gasteiger charge is -2.17. The first-order chi connectivity index (χ1) is 13.2. The van der Waals surface area contributed by atoms with E-state index < -0.39 is 18.4 Å². The lowest BCUT2D eigenvalue weighted by molar-refractivity contribution is -0.0615. The van der Waals surface area contributed by atoms with Crippen LogP contribution in [-0.4, -0.2) is 60.0 Å². The maximum atomic E-state index is 10.2. The summed E-state index contributed by atoms with van der Waals surface area (Å²) >= 11 is 0. The topological polar surface area (TPSA) is 175 Å². The molecule has 0 spiro atoms. The number of hydrogen-bond donors (Lipinski definition) is 5. The van der Waals surface area contributed by atoms with Crippen molar-refractivity contribution < 1.29 is 14.7 Å². The molecule has 3 atom stereocenters. The number of aliphatic hydroxyl groups excluding tert-OH is 1. The number of rotatable bonds is 7. The molecule has 0 amide bonds. The minimum Gasteiger partial charge on any atom is -0.390 e. The first kappa shape index (κ1) is 17.6. The molecule has 4 rings (SSSR count). The van der Waals surface area contributed by atoms with Crippen molar-refractivity contribution >= 4 is 22.9 Å². The molecule has 0 aliphatic carbocycles. The van der Waals surface area contributed by atoms with E-state index in [4.69, 9.17) is 16.4 Å². The van der Waals surface area contributed by atoms with Gasteiger partial charge in [-0.15, -0.1) is 0 Å². The van der Waals surface area contributed by atoms with E-state index in [-0.39, 0.29) is 12.4 Å². The van der Waals surface area contributed by atoms with Crippen molar-refractivity contribution in [2.24, 2.45) is 5.90 Å². The number of nitrogens with one attached hydrogen (secondary N) is 2. The zero-order valence-electron chi connectivity index (χ0n) is 14.4. The SMILES string of the molecule is NOCC1OC(n2c(NCCc3cnc[nH]3)nc3c(N)ncnc32)CC1O. The van der Waals surface area contributed by atoms with E-state index in [1.165, 1.54) is 6.33 Å². The summed E-state index contributed by atoms with van der Waals surface area (Å²) in [6.45, 7) is 0.688. The number of anilines is 2. The summed E-state index contributed by atoms with van der Waals surface area (Å²) in [4.78, 5) is 24.5. The molecule has 12 heteroatoms. The van der Waals surface area contributed by atoms with E-state index in [1.54, 1.807) is 17.1 Å². The highest BCUT2D eigenvalue weighted by molar-refractivity contribution is 5.84. The zero-order valence-corrected chi connectivity index (χ0v) is 14.4. The standard InChI is InChI=1S/C15H21N9O3/c16-13-12-14(22-7-21-13)24(11-3-9(25)10(27-11)5-26-17)15(23-12)19-2-1-8-4-18-6-20-8/h4,6-7,9-11,25H,1-3,5,17H2,(H,18,20)(H,19,23)(H2,16,21,22). The van der Waals surface area contributed by atoms with Crippen molar-refractivity contribution in [1.82, 2.24) is 29.5 Å². The summed E-state index contributed by atoms with van der Waals surface area (Å²) in [5.74, 6) is 5.92. The van der Waals surface area contributed by atoms with E-state index in [0.29, 0.717) is 30.1 Å². The number of H-pyrrole nitrogens is 1. The third kappa shape index (κ3) is 3.42. The fourth-order valence-corrected chi connectivity index (χ4v) is 3.17. The van der Waals surface area contributed by atoms with Crippen LogP contribution in [0.15, 0.2) is 18.9 Å². The van der Waals surface area contributed by atoms with Gasteiger partial charge >= 0.3 is 0 Å². The molecule has 3 unspecified atom stereocenters. The van der Waals surface area contributed by atoms with Crippen molar-refractivity contribution in [3.05, 3.63) is 24.5 Å². The van der Waals surface area contributed by atoms with Gasteiger partial charge in [-0.1, -0.05) is 0 Å². The predicted octanol–water partition coefficient (Wildman–Crippen LogP) is -0.675. The van der Waals surface area contributed by atoms with Crippen LogP contribution in [-0.2, 0) is 16.0 Å². The average Bonchev–Trinajstić information content (AvgIpc) is 3.36. The van der Waals surface area contributed by atoms with Gasteiger partial charge in [0.2, 0.25) is 5.95 Å². The second-order valence-corrected chi connectivity index (χ2v) is 6.26. The van der Waals surface area contributed by atoms with Gasteiger partial charge in [0.25, 0.3) is 0 Å². The van der Waals surface area contributed by atoms with Gasteiger partial charge < -0.3 is 30.7 Å². The molecule has 27 heavy (non-hydrogen) atoms. The Hall–Kier alpha value is -2.80. The summed E-state index contributed by atoms with van der Waals surface area (Å²) in [5.41, 5.74) is 7.94. The number of imidazole rings is 2. The molecule has 3 aromatic heterocycles. The van der Waals surface area contributed by atoms with E-state index >= 15 is 0 Å². The number of fused-ring (bicyclic) bond motifs is 1. The molecule has 0 bridgehead atoms. The Balaban J connectivity index is 1.62. The van der Waals surface area contributed by atoms with Crippen molar-refractivity contribution in [2.45, 2.75) is 31.3 Å². The molecular weight excluding hydrogens is 354 g/mol. The summed E-state index contributed by atoms with van der Waals surface area (Å²) in [7, 11) is 0. The molecule has 12 nitrogen and oxygen atoms in total. The fraction of sp³-hybridized carbons (Fsp3) is 0.467. The van der Waals surface area contributed by atoms with Gasteiger partial charge in [-0.3, -0.25) is 4.57 Å². The second kappa shape index (κ2) is 7.44. The zero-order chi connectivity index (χ0) is 18.8.